The molecule has 0 radical (unpaired) electrons. The van der Waals surface area contributed by atoms with Gasteiger partial charge in [-0.3, -0.25) is 0 Å². The molecular formula is C21H25ClFNO5. The van der Waals surface area contributed by atoms with Crippen LogP contribution in [0.1, 0.15) is 39.2 Å². The van der Waals surface area contributed by atoms with Crippen LogP contribution in [0.25, 0.3) is 0 Å². The van der Waals surface area contributed by atoms with Gasteiger partial charge in [0.15, 0.2) is 0 Å². The van der Waals surface area contributed by atoms with E-state index in [0.29, 0.717) is 11.4 Å². The molecule has 1 aliphatic heterocycles. The number of methoxy groups -OCH3 is 1. The topological polar surface area (TPSA) is 73.9 Å². The Morgan fingerprint density at radius 1 is 1.14 bits per heavy atom. The zero-order valence-corrected chi connectivity index (χ0v) is 17.9. The molecular weight excluding hydrogens is 401 g/mol. The minimum Gasteiger partial charge on any atom is -0.460 e. The third-order valence-electron chi connectivity index (χ3n) is 4.35. The minimum absolute atomic E-state index is 0.0122. The first-order chi connectivity index (χ1) is 13.7. The van der Waals surface area contributed by atoms with Crippen molar-refractivity contribution < 1.29 is 28.2 Å². The third-order valence-corrected chi connectivity index (χ3v) is 4.68. The lowest BCUT2D eigenvalue weighted by Crippen LogP contribution is -2.34. The lowest BCUT2D eigenvalue weighted by molar-refractivity contribution is -0.143. The van der Waals surface area contributed by atoms with Crippen LogP contribution in [0.5, 0.6) is 0 Å². The van der Waals surface area contributed by atoms with Gasteiger partial charge in [0, 0.05) is 29.1 Å². The third kappa shape index (κ3) is 5.16. The summed E-state index contributed by atoms with van der Waals surface area (Å²) in [4.78, 5) is 25.8. The number of carbonyl (C=O) groups is 2. The van der Waals surface area contributed by atoms with Gasteiger partial charge in [0.1, 0.15) is 12.4 Å². The molecule has 0 saturated carbocycles. The molecule has 0 aliphatic carbocycles. The Morgan fingerprint density at radius 3 is 2.31 bits per heavy atom. The summed E-state index contributed by atoms with van der Waals surface area (Å²) in [7, 11) is 1.48. The second kappa shape index (κ2) is 9.89. The van der Waals surface area contributed by atoms with E-state index < -0.39 is 29.8 Å². The summed E-state index contributed by atoms with van der Waals surface area (Å²) >= 11 is 6.30. The molecule has 0 bridgehead atoms. The molecule has 8 heteroatoms. The van der Waals surface area contributed by atoms with E-state index in [4.69, 9.17) is 25.8 Å². The highest BCUT2D eigenvalue weighted by Crippen LogP contribution is 2.43. The number of halogens is 2. The molecule has 1 aliphatic rings. The number of rotatable bonds is 7. The molecule has 1 unspecified atom stereocenters. The van der Waals surface area contributed by atoms with Gasteiger partial charge >= 0.3 is 11.9 Å². The number of nitrogens with one attached hydrogen (secondary N) is 1. The van der Waals surface area contributed by atoms with E-state index in [2.05, 4.69) is 5.32 Å². The smallest absolute Gasteiger partial charge is 0.337 e. The van der Waals surface area contributed by atoms with E-state index >= 15 is 0 Å². The van der Waals surface area contributed by atoms with Crippen molar-refractivity contribution in [2.75, 3.05) is 20.3 Å². The summed E-state index contributed by atoms with van der Waals surface area (Å²) < 4.78 is 30.4. The van der Waals surface area contributed by atoms with Gasteiger partial charge in [-0.1, -0.05) is 17.7 Å². The highest BCUT2D eigenvalue weighted by Gasteiger charge is 2.40. The second-order valence-corrected chi connectivity index (χ2v) is 7.26. The normalized spacial score (nSPS) is 16.8. The fourth-order valence-corrected chi connectivity index (χ4v) is 3.46. The molecule has 158 valence electrons. The molecule has 1 N–H and O–H groups in total. The Labute approximate surface area is 174 Å². The first kappa shape index (κ1) is 22.9. The van der Waals surface area contributed by atoms with Crippen molar-refractivity contribution in [1.29, 1.82) is 0 Å². The molecule has 0 saturated heterocycles. The van der Waals surface area contributed by atoms with E-state index in [9.17, 15) is 14.0 Å². The van der Waals surface area contributed by atoms with Gasteiger partial charge in [-0.05, 0) is 39.8 Å². The minimum atomic E-state index is -1.08. The van der Waals surface area contributed by atoms with E-state index in [-0.39, 0.29) is 34.9 Å². The van der Waals surface area contributed by atoms with Gasteiger partial charge in [0.05, 0.1) is 29.8 Å². The van der Waals surface area contributed by atoms with Gasteiger partial charge < -0.3 is 19.5 Å². The average molecular weight is 426 g/mol. The molecule has 0 fully saturated rings. The molecule has 6 nitrogen and oxygen atoms in total. The maximum atomic E-state index is 14.9. The first-order valence-corrected chi connectivity index (χ1v) is 9.56. The van der Waals surface area contributed by atoms with E-state index in [1.54, 1.807) is 27.7 Å². The Kier molecular flexibility index (Phi) is 7.81. The number of benzene rings is 1. The van der Waals surface area contributed by atoms with Crippen LogP contribution in [0.15, 0.2) is 40.7 Å². The van der Waals surface area contributed by atoms with Crippen molar-refractivity contribution in [3.8, 4) is 0 Å². The van der Waals surface area contributed by atoms with Crippen LogP contribution in [0, 0.1) is 5.82 Å². The molecule has 1 heterocycles. The Balaban J connectivity index is 2.63. The molecule has 1 aromatic carbocycles. The van der Waals surface area contributed by atoms with Gasteiger partial charge in [0.25, 0.3) is 0 Å². The zero-order valence-electron chi connectivity index (χ0n) is 17.1. The number of allylic oxidation sites excluding steroid dienone is 2. The number of carbonyl (C=O) groups excluding carboxylic acids is 2. The summed E-state index contributed by atoms with van der Waals surface area (Å²) in [6, 6.07) is 4.19. The van der Waals surface area contributed by atoms with Crippen LogP contribution in [-0.2, 0) is 23.8 Å². The van der Waals surface area contributed by atoms with Crippen molar-refractivity contribution in [1.82, 2.24) is 5.32 Å². The molecule has 0 spiro atoms. The van der Waals surface area contributed by atoms with Crippen LogP contribution in [0.2, 0.25) is 5.02 Å². The van der Waals surface area contributed by atoms with E-state index in [0.717, 1.165) is 0 Å². The predicted octanol–water partition coefficient (Wildman–Crippen LogP) is 3.86. The molecule has 1 atom stereocenters. The summed E-state index contributed by atoms with van der Waals surface area (Å²) in [5, 5.41) is 3.10. The van der Waals surface area contributed by atoms with Gasteiger partial charge in [0.2, 0.25) is 0 Å². The summed E-state index contributed by atoms with van der Waals surface area (Å²) in [5.74, 6) is -3.07. The number of esters is 2. The van der Waals surface area contributed by atoms with Crippen molar-refractivity contribution in [3.05, 3.63) is 57.1 Å². The lowest BCUT2D eigenvalue weighted by Gasteiger charge is -2.31. The van der Waals surface area contributed by atoms with Crippen molar-refractivity contribution in [3.63, 3.8) is 0 Å². The maximum absolute atomic E-state index is 14.9. The van der Waals surface area contributed by atoms with Crippen LogP contribution in [-0.4, -0.2) is 38.4 Å². The molecule has 0 amide bonds. The van der Waals surface area contributed by atoms with Crippen molar-refractivity contribution >= 4 is 23.5 Å². The molecule has 1 aromatic rings. The predicted molar refractivity (Wildman–Crippen MR) is 107 cm³/mol. The number of dihydropyridines is 1. The number of hydrogen-bond donors (Lipinski definition) is 1. The Hall–Kier alpha value is -2.38. The van der Waals surface area contributed by atoms with Gasteiger partial charge in [-0.2, -0.15) is 0 Å². The van der Waals surface area contributed by atoms with E-state index in [1.165, 1.54) is 25.3 Å². The molecule has 2 rings (SSSR count). The standard InChI is InChI=1S/C21H25ClFNO5/c1-11(2)29-21(26)17-13(4)24-12(3)16(20(25)28-10-9-27-5)19(17)18-14(22)7-6-8-15(18)23/h6-8,11,19,24H,9-10H2,1-5H3. The first-order valence-electron chi connectivity index (χ1n) is 9.18. The quantitative estimate of drug-likeness (QED) is 0.528. The maximum Gasteiger partial charge on any atom is 0.337 e. The summed E-state index contributed by atoms with van der Waals surface area (Å²) in [6.45, 7) is 6.94. The van der Waals surface area contributed by atoms with Crippen LogP contribution in [0.3, 0.4) is 0 Å². The monoisotopic (exact) mass is 425 g/mol. The highest BCUT2D eigenvalue weighted by molar-refractivity contribution is 6.31. The Bertz CT molecular complexity index is 842. The van der Waals surface area contributed by atoms with Crippen LogP contribution in [0.4, 0.5) is 4.39 Å². The van der Waals surface area contributed by atoms with Crippen molar-refractivity contribution in [2.24, 2.45) is 0 Å². The molecule has 0 aromatic heterocycles. The van der Waals surface area contributed by atoms with Gasteiger partial charge in [-0.25, -0.2) is 14.0 Å². The SMILES string of the molecule is COCCOC(=O)C1=C(C)NC(C)=C(C(=O)OC(C)C)C1c1c(F)cccc1Cl. The fraction of sp³-hybridized carbons (Fsp3) is 0.429. The molecule has 29 heavy (non-hydrogen) atoms. The van der Waals surface area contributed by atoms with Gasteiger partial charge in [-0.15, -0.1) is 0 Å². The van der Waals surface area contributed by atoms with Crippen LogP contribution < -0.4 is 5.32 Å². The lowest BCUT2D eigenvalue weighted by atomic mass is 9.80. The number of ether oxygens (including phenoxy) is 3. The number of hydrogen-bond acceptors (Lipinski definition) is 6. The second-order valence-electron chi connectivity index (χ2n) is 6.85. The largest absolute Gasteiger partial charge is 0.460 e. The highest BCUT2D eigenvalue weighted by atomic mass is 35.5. The average Bonchev–Trinajstić information content (AvgIpc) is 2.60. The zero-order chi connectivity index (χ0) is 21.7. The Morgan fingerprint density at radius 2 is 1.76 bits per heavy atom. The fourth-order valence-electron chi connectivity index (χ4n) is 3.18. The van der Waals surface area contributed by atoms with E-state index in [1.807, 2.05) is 0 Å². The van der Waals surface area contributed by atoms with Crippen molar-refractivity contribution in [2.45, 2.75) is 39.7 Å². The summed E-state index contributed by atoms with van der Waals surface area (Å²) in [5.41, 5.74) is 1.11. The summed E-state index contributed by atoms with van der Waals surface area (Å²) in [6.07, 6.45) is -0.399. The van der Waals surface area contributed by atoms with Crippen LogP contribution >= 0.6 is 11.6 Å².